The van der Waals surface area contributed by atoms with Crippen molar-refractivity contribution in [1.29, 1.82) is 0 Å². The lowest BCUT2D eigenvalue weighted by Gasteiger charge is -2.09. The Morgan fingerprint density at radius 2 is 1.31 bits per heavy atom. The van der Waals surface area contributed by atoms with E-state index in [2.05, 4.69) is 9.93 Å². The van der Waals surface area contributed by atoms with E-state index in [9.17, 15) is 8.42 Å². The molecule has 0 aliphatic carbocycles. The van der Waals surface area contributed by atoms with Gasteiger partial charge < -0.3 is 4.74 Å². The third-order valence-corrected chi connectivity index (χ3v) is 4.97. The Bertz CT molecular complexity index is 943. The van der Waals surface area contributed by atoms with Crippen molar-refractivity contribution in [2.45, 2.75) is 4.90 Å². The second kappa shape index (κ2) is 7.84. The van der Waals surface area contributed by atoms with Crippen LogP contribution in [0.1, 0.15) is 11.1 Å². The minimum absolute atomic E-state index is 0.113. The van der Waals surface area contributed by atoms with E-state index in [1.807, 2.05) is 60.7 Å². The summed E-state index contributed by atoms with van der Waals surface area (Å²) in [7, 11) is -2.26. The first-order valence-corrected chi connectivity index (χ1v) is 9.43. The molecule has 3 aromatic carbocycles. The van der Waals surface area contributed by atoms with Gasteiger partial charge in [-0.05, 0) is 24.3 Å². The van der Waals surface area contributed by atoms with Gasteiger partial charge in [0, 0.05) is 11.1 Å². The molecule has 0 saturated carbocycles. The van der Waals surface area contributed by atoms with E-state index >= 15 is 0 Å². The average Bonchev–Trinajstić information content (AvgIpc) is 2.70. The number of sulfonamides is 1. The van der Waals surface area contributed by atoms with Crippen molar-refractivity contribution >= 4 is 15.7 Å². The standard InChI is InChI=1S/C20H18N2O3S/c1-25-18-12-14-19(15-13-18)26(23,24)22-21-20(16-8-4-2-5-9-16)17-10-6-3-7-11-17/h2-15,22H,1H3. The second-order valence-electron chi connectivity index (χ2n) is 5.46. The van der Waals surface area contributed by atoms with Crippen molar-refractivity contribution in [2.24, 2.45) is 5.10 Å². The molecule has 1 N–H and O–H groups in total. The van der Waals surface area contributed by atoms with Gasteiger partial charge in [-0.1, -0.05) is 60.7 Å². The molecule has 0 atom stereocenters. The lowest BCUT2D eigenvalue weighted by atomic mass is 10.0. The van der Waals surface area contributed by atoms with Gasteiger partial charge in [-0.2, -0.15) is 18.4 Å². The molecule has 0 amide bonds. The molecule has 0 heterocycles. The maximum atomic E-state index is 12.5. The Labute approximate surface area is 153 Å². The number of nitrogens with zero attached hydrogens (tertiary/aromatic N) is 1. The number of nitrogens with one attached hydrogen (secondary N) is 1. The van der Waals surface area contributed by atoms with Gasteiger partial charge in [0.25, 0.3) is 10.0 Å². The highest BCUT2D eigenvalue weighted by Crippen LogP contribution is 2.16. The number of benzene rings is 3. The second-order valence-corrected chi connectivity index (χ2v) is 7.12. The van der Waals surface area contributed by atoms with E-state index < -0.39 is 10.0 Å². The van der Waals surface area contributed by atoms with Crippen molar-refractivity contribution in [2.75, 3.05) is 7.11 Å². The molecular weight excluding hydrogens is 348 g/mol. The van der Waals surface area contributed by atoms with Gasteiger partial charge in [-0.15, -0.1) is 0 Å². The summed E-state index contributed by atoms with van der Waals surface area (Å²) in [4.78, 5) is 2.44. The van der Waals surface area contributed by atoms with Crippen LogP contribution in [-0.2, 0) is 10.0 Å². The fourth-order valence-corrected chi connectivity index (χ4v) is 3.21. The Morgan fingerprint density at radius 1 is 0.808 bits per heavy atom. The highest BCUT2D eigenvalue weighted by atomic mass is 32.2. The number of rotatable bonds is 6. The van der Waals surface area contributed by atoms with Gasteiger partial charge in [0.1, 0.15) is 5.75 Å². The SMILES string of the molecule is COc1ccc(S(=O)(=O)NN=C(c2ccccc2)c2ccccc2)cc1. The molecule has 26 heavy (non-hydrogen) atoms. The lowest BCUT2D eigenvalue weighted by molar-refractivity contribution is 0.414. The van der Waals surface area contributed by atoms with Crippen LogP contribution in [0.15, 0.2) is 94.9 Å². The smallest absolute Gasteiger partial charge is 0.276 e. The Hall–Kier alpha value is -3.12. The molecule has 0 radical (unpaired) electrons. The third kappa shape index (κ3) is 4.10. The van der Waals surface area contributed by atoms with Crippen molar-refractivity contribution in [3.8, 4) is 5.75 Å². The van der Waals surface area contributed by atoms with Crippen LogP contribution in [0.25, 0.3) is 0 Å². The molecule has 3 aromatic rings. The molecule has 5 nitrogen and oxygen atoms in total. The molecule has 3 rings (SSSR count). The summed E-state index contributed by atoms with van der Waals surface area (Å²) in [5.41, 5.74) is 2.18. The Kier molecular flexibility index (Phi) is 5.34. The zero-order valence-corrected chi connectivity index (χ0v) is 15.0. The predicted octanol–water partition coefficient (Wildman–Crippen LogP) is 3.43. The van der Waals surface area contributed by atoms with Crippen LogP contribution >= 0.6 is 0 Å². The first-order chi connectivity index (χ1) is 12.6. The summed E-state index contributed by atoms with van der Waals surface area (Å²) in [5.74, 6) is 0.585. The summed E-state index contributed by atoms with van der Waals surface area (Å²) in [6, 6.07) is 25.0. The van der Waals surface area contributed by atoms with Crippen LogP contribution in [0, 0.1) is 0 Å². The maximum Gasteiger partial charge on any atom is 0.276 e. The molecule has 0 fully saturated rings. The summed E-state index contributed by atoms with van der Waals surface area (Å²) < 4.78 is 30.1. The Morgan fingerprint density at radius 3 is 1.77 bits per heavy atom. The number of ether oxygens (including phenoxy) is 1. The molecule has 0 aromatic heterocycles. The highest BCUT2D eigenvalue weighted by Gasteiger charge is 2.14. The van der Waals surface area contributed by atoms with E-state index in [0.29, 0.717) is 11.5 Å². The van der Waals surface area contributed by atoms with Gasteiger partial charge in [0.05, 0.1) is 17.7 Å². The third-order valence-electron chi connectivity index (χ3n) is 3.74. The fourth-order valence-electron chi connectivity index (χ4n) is 2.40. The van der Waals surface area contributed by atoms with Crippen LogP contribution < -0.4 is 9.57 Å². The molecule has 0 aliphatic heterocycles. The predicted molar refractivity (Wildman–Crippen MR) is 102 cm³/mol. The first-order valence-electron chi connectivity index (χ1n) is 7.94. The molecule has 0 aliphatic rings. The van der Waals surface area contributed by atoms with Crippen LogP contribution in [0.3, 0.4) is 0 Å². The van der Waals surface area contributed by atoms with Gasteiger partial charge in [-0.25, -0.2) is 0 Å². The van der Waals surface area contributed by atoms with E-state index in [1.165, 1.54) is 19.2 Å². The zero-order chi connectivity index (χ0) is 18.4. The molecule has 0 spiro atoms. The van der Waals surface area contributed by atoms with Crippen LogP contribution in [-0.4, -0.2) is 21.2 Å². The Balaban J connectivity index is 1.95. The highest BCUT2D eigenvalue weighted by molar-refractivity contribution is 7.89. The number of hydrogen-bond donors (Lipinski definition) is 1. The quantitative estimate of drug-likeness (QED) is 0.537. The van der Waals surface area contributed by atoms with Crippen molar-refractivity contribution in [3.63, 3.8) is 0 Å². The summed E-state index contributed by atoms with van der Waals surface area (Å²) in [5, 5.41) is 4.20. The van der Waals surface area contributed by atoms with Gasteiger partial charge in [-0.3, -0.25) is 0 Å². The number of hydrogen-bond acceptors (Lipinski definition) is 4. The average molecular weight is 366 g/mol. The van der Waals surface area contributed by atoms with Crippen LogP contribution in [0.4, 0.5) is 0 Å². The van der Waals surface area contributed by atoms with Gasteiger partial charge in [0.2, 0.25) is 0 Å². The topological polar surface area (TPSA) is 67.8 Å². The summed E-state index contributed by atoms with van der Waals surface area (Å²) >= 11 is 0. The molecular formula is C20H18N2O3S. The monoisotopic (exact) mass is 366 g/mol. The minimum Gasteiger partial charge on any atom is -0.497 e. The van der Waals surface area contributed by atoms with Gasteiger partial charge >= 0.3 is 0 Å². The maximum absolute atomic E-state index is 12.5. The molecule has 0 unspecified atom stereocenters. The van der Waals surface area contributed by atoms with Crippen LogP contribution in [0.2, 0.25) is 0 Å². The lowest BCUT2D eigenvalue weighted by Crippen LogP contribution is -2.21. The molecule has 0 saturated heterocycles. The molecule has 132 valence electrons. The summed E-state index contributed by atoms with van der Waals surface area (Å²) in [6.45, 7) is 0. The number of hydrazone groups is 1. The van der Waals surface area contributed by atoms with Crippen LogP contribution in [0.5, 0.6) is 5.75 Å². The van der Waals surface area contributed by atoms with Crippen molar-refractivity contribution < 1.29 is 13.2 Å². The van der Waals surface area contributed by atoms with E-state index in [0.717, 1.165) is 11.1 Å². The van der Waals surface area contributed by atoms with E-state index in [4.69, 9.17) is 4.74 Å². The van der Waals surface area contributed by atoms with E-state index in [-0.39, 0.29) is 4.90 Å². The normalized spacial score (nSPS) is 10.8. The van der Waals surface area contributed by atoms with Crippen molar-refractivity contribution in [3.05, 3.63) is 96.1 Å². The minimum atomic E-state index is -3.79. The molecule has 6 heteroatoms. The zero-order valence-electron chi connectivity index (χ0n) is 14.2. The fraction of sp³-hybridized carbons (Fsp3) is 0.0500. The largest absolute Gasteiger partial charge is 0.497 e. The van der Waals surface area contributed by atoms with E-state index in [1.54, 1.807) is 12.1 Å². The number of methoxy groups -OCH3 is 1. The van der Waals surface area contributed by atoms with Gasteiger partial charge in [0.15, 0.2) is 0 Å². The first kappa shape index (κ1) is 17.7. The van der Waals surface area contributed by atoms with Crippen molar-refractivity contribution in [1.82, 2.24) is 4.83 Å². The summed E-state index contributed by atoms with van der Waals surface area (Å²) in [6.07, 6.45) is 0. The molecule has 0 bridgehead atoms.